The van der Waals surface area contributed by atoms with Crippen LogP contribution in [0.5, 0.6) is 5.88 Å². The average Bonchev–Trinajstić information content (AvgIpc) is 3.20. The molecule has 2 aromatic heterocycles. The molecule has 0 saturated carbocycles. The Morgan fingerprint density at radius 3 is 2.82 bits per heavy atom. The maximum absolute atomic E-state index is 11.9. The number of anilines is 3. The molecule has 1 atom stereocenters. The van der Waals surface area contributed by atoms with Crippen molar-refractivity contribution in [3.63, 3.8) is 0 Å². The summed E-state index contributed by atoms with van der Waals surface area (Å²) in [5.74, 6) is 0.550. The van der Waals surface area contributed by atoms with Crippen molar-refractivity contribution in [2.45, 2.75) is 12.5 Å². The Morgan fingerprint density at radius 1 is 1.36 bits per heavy atom. The number of nitrogens with zero attached hydrogens (tertiary/aromatic N) is 5. The number of aromatic nitrogens is 3. The van der Waals surface area contributed by atoms with Gasteiger partial charge in [-0.05, 0) is 13.0 Å². The Kier molecular flexibility index (Phi) is 5.86. The molecule has 0 bridgehead atoms. The van der Waals surface area contributed by atoms with E-state index in [1.807, 2.05) is 20.2 Å². The molecule has 1 aliphatic rings. The van der Waals surface area contributed by atoms with Crippen LogP contribution in [0.25, 0.3) is 0 Å². The normalized spacial score (nSPS) is 15.6. The standard InChI is InChI=1S/C18H21N7O3/c1-25(2)14-6-15(22-9-12(14)18(26)27-3)23-16-10-21-13(7-19)17(24-16)28-11-4-5-20-8-11/h6,9-11,20H,4-5,8H2,1-3H3,(H,22,23,24)/t11-/m1/s1. The minimum absolute atomic E-state index is 0.0468. The van der Waals surface area contributed by atoms with Crippen molar-refractivity contribution < 1.29 is 14.3 Å². The van der Waals surface area contributed by atoms with Crippen LogP contribution in [-0.2, 0) is 4.74 Å². The van der Waals surface area contributed by atoms with E-state index in [1.165, 1.54) is 19.5 Å². The van der Waals surface area contributed by atoms with Gasteiger partial charge in [-0.15, -0.1) is 0 Å². The number of hydrogen-bond acceptors (Lipinski definition) is 10. The van der Waals surface area contributed by atoms with Gasteiger partial charge in [-0.25, -0.2) is 14.8 Å². The van der Waals surface area contributed by atoms with Gasteiger partial charge in [0.2, 0.25) is 5.69 Å². The van der Waals surface area contributed by atoms with Crippen molar-refractivity contribution in [3.05, 3.63) is 29.7 Å². The highest BCUT2D eigenvalue weighted by Gasteiger charge is 2.20. The second-order valence-electron chi connectivity index (χ2n) is 6.35. The van der Waals surface area contributed by atoms with Crippen molar-refractivity contribution in [1.82, 2.24) is 20.3 Å². The van der Waals surface area contributed by atoms with E-state index in [1.54, 1.807) is 11.0 Å². The summed E-state index contributed by atoms with van der Waals surface area (Å²) in [6, 6.07) is 3.69. The van der Waals surface area contributed by atoms with Crippen molar-refractivity contribution in [2.75, 3.05) is 44.5 Å². The molecule has 1 fully saturated rings. The summed E-state index contributed by atoms with van der Waals surface area (Å²) in [5.41, 5.74) is 1.11. The molecule has 0 spiro atoms. The number of rotatable bonds is 6. The van der Waals surface area contributed by atoms with Gasteiger partial charge >= 0.3 is 5.97 Å². The van der Waals surface area contributed by atoms with E-state index in [-0.39, 0.29) is 17.7 Å². The molecule has 28 heavy (non-hydrogen) atoms. The highest BCUT2D eigenvalue weighted by molar-refractivity contribution is 5.96. The number of methoxy groups -OCH3 is 1. The summed E-state index contributed by atoms with van der Waals surface area (Å²) in [7, 11) is 4.95. The van der Waals surface area contributed by atoms with Gasteiger partial charge < -0.3 is 25.0 Å². The van der Waals surface area contributed by atoms with E-state index >= 15 is 0 Å². The summed E-state index contributed by atoms with van der Waals surface area (Å²) in [6.45, 7) is 1.56. The highest BCUT2D eigenvalue weighted by Crippen LogP contribution is 2.25. The zero-order valence-corrected chi connectivity index (χ0v) is 15.9. The van der Waals surface area contributed by atoms with Crippen LogP contribution in [0, 0.1) is 11.3 Å². The average molecular weight is 383 g/mol. The third-order valence-corrected chi connectivity index (χ3v) is 4.17. The summed E-state index contributed by atoms with van der Waals surface area (Å²) in [6.07, 6.45) is 3.66. The molecule has 2 N–H and O–H groups in total. The molecule has 146 valence electrons. The van der Waals surface area contributed by atoms with E-state index in [9.17, 15) is 10.1 Å². The van der Waals surface area contributed by atoms with E-state index in [0.717, 1.165) is 13.0 Å². The quantitative estimate of drug-likeness (QED) is 0.700. The molecule has 10 heteroatoms. The molecule has 3 heterocycles. The molecular formula is C18H21N7O3. The summed E-state index contributed by atoms with van der Waals surface area (Å²) in [5, 5.41) is 15.5. The van der Waals surface area contributed by atoms with Crippen LogP contribution in [0.15, 0.2) is 18.5 Å². The zero-order valence-electron chi connectivity index (χ0n) is 15.9. The maximum atomic E-state index is 11.9. The van der Waals surface area contributed by atoms with E-state index in [0.29, 0.717) is 29.4 Å². The molecule has 3 rings (SSSR count). The largest absolute Gasteiger partial charge is 0.471 e. The fraction of sp³-hybridized carbons (Fsp3) is 0.389. The first-order valence-corrected chi connectivity index (χ1v) is 8.69. The van der Waals surface area contributed by atoms with Crippen LogP contribution in [0.1, 0.15) is 22.5 Å². The third kappa shape index (κ3) is 4.27. The lowest BCUT2D eigenvalue weighted by atomic mass is 10.2. The summed E-state index contributed by atoms with van der Waals surface area (Å²) in [4.78, 5) is 26.4. The van der Waals surface area contributed by atoms with Gasteiger partial charge in [0.25, 0.3) is 5.88 Å². The topological polar surface area (TPSA) is 125 Å². The Labute approximate surface area is 162 Å². The Hall–Kier alpha value is -3.45. The molecule has 0 aliphatic carbocycles. The number of esters is 1. The molecule has 1 saturated heterocycles. The summed E-state index contributed by atoms with van der Waals surface area (Å²) >= 11 is 0. The minimum atomic E-state index is -0.471. The fourth-order valence-corrected chi connectivity index (χ4v) is 2.76. The lowest BCUT2D eigenvalue weighted by Crippen LogP contribution is -2.21. The first kappa shape index (κ1) is 19.3. The van der Waals surface area contributed by atoms with E-state index < -0.39 is 5.97 Å². The van der Waals surface area contributed by atoms with E-state index in [4.69, 9.17) is 9.47 Å². The van der Waals surface area contributed by atoms with Crippen LogP contribution < -0.4 is 20.3 Å². The van der Waals surface area contributed by atoms with Gasteiger partial charge in [-0.3, -0.25) is 0 Å². The smallest absolute Gasteiger partial charge is 0.341 e. The molecule has 1 aliphatic heterocycles. The van der Waals surface area contributed by atoms with Gasteiger partial charge in [-0.1, -0.05) is 0 Å². The van der Waals surface area contributed by atoms with Gasteiger partial charge in [0, 0.05) is 32.9 Å². The molecule has 0 amide bonds. The van der Waals surface area contributed by atoms with Crippen LogP contribution >= 0.6 is 0 Å². The van der Waals surface area contributed by atoms with Crippen molar-refractivity contribution in [2.24, 2.45) is 0 Å². The third-order valence-electron chi connectivity index (χ3n) is 4.17. The van der Waals surface area contributed by atoms with Crippen molar-refractivity contribution >= 4 is 23.3 Å². The zero-order chi connectivity index (χ0) is 20.1. The number of pyridine rings is 1. The first-order chi connectivity index (χ1) is 13.5. The predicted octanol–water partition coefficient (Wildman–Crippen LogP) is 1.08. The van der Waals surface area contributed by atoms with Crippen molar-refractivity contribution in [1.29, 1.82) is 5.26 Å². The monoisotopic (exact) mass is 383 g/mol. The van der Waals surface area contributed by atoms with Gasteiger partial charge in [-0.2, -0.15) is 10.2 Å². The number of nitrogens with one attached hydrogen (secondary N) is 2. The molecule has 0 aromatic carbocycles. The van der Waals surface area contributed by atoms with E-state index in [2.05, 4.69) is 25.6 Å². The van der Waals surface area contributed by atoms with Crippen LogP contribution in [0.3, 0.4) is 0 Å². The van der Waals surface area contributed by atoms with Crippen LogP contribution in [-0.4, -0.2) is 61.3 Å². The second kappa shape index (κ2) is 8.49. The Balaban J connectivity index is 1.85. The fourth-order valence-electron chi connectivity index (χ4n) is 2.76. The van der Waals surface area contributed by atoms with Gasteiger partial charge in [0.1, 0.15) is 23.6 Å². The number of carbonyl (C=O) groups is 1. The number of nitriles is 1. The summed E-state index contributed by atoms with van der Waals surface area (Å²) < 4.78 is 10.6. The molecule has 2 aromatic rings. The number of ether oxygens (including phenoxy) is 2. The minimum Gasteiger partial charge on any atom is -0.471 e. The maximum Gasteiger partial charge on any atom is 0.341 e. The van der Waals surface area contributed by atoms with Gasteiger partial charge in [0.15, 0.2) is 5.82 Å². The Bertz CT molecular complexity index is 905. The molecule has 0 unspecified atom stereocenters. The lowest BCUT2D eigenvalue weighted by molar-refractivity contribution is 0.0601. The van der Waals surface area contributed by atoms with Crippen LogP contribution in [0.2, 0.25) is 0 Å². The highest BCUT2D eigenvalue weighted by atomic mass is 16.5. The first-order valence-electron chi connectivity index (χ1n) is 8.69. The second-order valence-corrected chi connectivity index (χ2v) is 6.35. The lowest BCUT2D eigenvalue weighted by Gasteiger charge is -2.17. The number of hydrogen-bond donors (Lipinski definition) is 2. The molecular weight excluding hydrogens is 362 g/mol. The predicted molar refractivity (Wildman–Crippen MR) is 102 cm³/mol. The molecule has 0 radical (unpaired) electrons. The van der Waals surface area contributed by atoms with Gasteiger partial charge in [0.05, 0.1) is 19.0 Å². The Morgan fingerprint density at radius 2 is 2.18 bits per heavy atom. The van der Waals surface area contributed by atoms with Crippen LogP contribution in [0.4, 0.5) is 17.3 Å². The van der Waals surface area contributed by atoms with Crippen molar-refractivity contribution in [3.8, 4) is 11.9 Å². The molecule has 10 nitrogen and oxygen atoms in total. The number of carbonyl (C=O) groups excluding carboxylic acids is 1. The SMILES string of the molecule is COC(=O)c1cnc(Nc2cnc(C#N)c(O[C@@H]3CCNC3)n2)cc1N(C)C.